The van der Waals surface area contributed by atoms with Gasteiger partial charge in [0.25, 0.3) is 0 Å². The molecule has 1 aromatic heterocycles. The van der Waals surface area contributed by atoms with Gasteiger partial charge in [-0.25, -0.2) is 4.79 Å². The molecular weight excluding hydrogens is 575 g/mol. The van der Waals surface area contributed by atoms with Gasteiger partial charge < -0.3 is 29.6 Å². The van der Waals surface area contributed by atoms with Crippen LogP contribution in [-0.4, -0.2) is 60.6 Å². The smallest absolute Gasteiger partial charge is 0.322 e. The number of hydrogen-bond acceptors (Lipinski definition) is 4. The summed E-state index contributed by atoms with van der Waals surface area (Å²) in [6.45, 7) is 5.01. The Labute approximate surface area is 256 Å². The number of H-pyrrole nitrogens is 1. The predicted octanol–water partition coefficient (Wildman–Crippen LogP) is 7.25. The molecule has 4 rings (SSSR count). The van der Waals surface area contributed by atoms with Gasteiger partial charge >= 0.3 is 6.03 Å². The summed E-state index contributed by atoms with van der Waals surface area (Å²) in [6, 6.07) is 18.2. The summed E-state index contributed by atoms with van der Waals surface area (Å²) in [4.78, 5) is 33.9. The van der Waals surface area contributed by atoms with E-state index < -0.39 is 6.03 Å². The van der Waals surface area contributed by atoms with Crippen molar-refractivity contribution in [1.29, 1.82) is 0 Å². The Kier molecular flexibility index (Phi) is 10.6. The van der Waals surface area contributed by atoms with Crippen molar-refractivity contribution in [1.82, 2.24) is 14.8 Å². The summed E-state index contributed by atoms with van der Waals surface area (Å²) in [5.41, 5.74) is 3.35. The molecule has 0 atom stereocenters. The number of amides is 3. The molecule has 8 nitrogen and oxygen atoms in total. The highest BCUT2D eigenvalue weighted by molar-refractivity contribution is 6.39. The number of aromatic nitrogens is 1. The van der Waals surface area contributed by atoms with E-state index >= 15 is 0 Å². The third-order valence-corrected chi connectivity index (χ3v) is 7.52. The van der Waals surface area contributed by atoms with E-state index in [4.69, 9.17) is 32.7 Å². The Morgan fingerprint density at radius 3 is 2.33 bits per heavy atom. The van der Waals surface area contributed by atoms with Crippen LogP contribution in [0, 0.1) is 5.92 Å². The third kappa shape index (κ3) is 7.69. The highest BCUT2D eigenvalue weighted by Gasteiger charge is 2.24. The molecule has 0 saturated heterocycles. The average Bonchev–Trinajstić information content (AvgIpc) is 3.39. The van der Waals surface area contributed by atoms with Crippen LogP contribution in [-0.2, 0) is 17.8 Å². The number of para-hydroxylation sites is 2. The molecule has 0 spiro atoms. The van der Waals surface area contributed by atoms with E-state index in [0.29, 0.717) is 53.3 Å². The van der Waals surface area contributed by atoms with Gasteiger partial charge in [-0.1, -0.05) is 67.4 Å². The molecule has 0 aliphatic heterocycles. The fourth-order valence-electron chi connectivity index (χ4n) is 4.81. The first kappa shape index (κ1) is 31.1. The summed E-state index contributed by atoms with van der Waals surface area (Å²) in [6.07, 6.45) is 2.62. The minimum absolute atomic E-state index is 0.118. The summed E-state index contributed by atoms with van der Waals surface area (Å²) < 4.78 is 10.9. The first-order chi connectivity index (χ1) is 20.2. The van der Waals surface area contributed by atoms with Crippen LogP contribution in [0.3, 0.4) is 0 Å². The molecule has 0 fully saturated rings. The summed E-state index contributed by atoms with van der Waals surface area (Å²) in [5, 5.41) is 4.56. The number of methoxy groups -OCH3 is 2. The zero-order valence-corrected chi connectivity index (χ0v) is 25.8. The average molecular weight is 612 g/mol. The Morgan fingerprint density at radius 1 is 0.929 bits per heavy atom. The molecule has 0 unspecified atom stereocenters. The highest BCUT2D eigenvalue weighted by Crippen LogP contribution is 2.31. The molecule has 0 radical (unpaired) electrons. The lowest BCUT2D eigenvalue weighted by atomic mass is 10.1. The maximum absolute atomic E-state index is 13.9. The lowest BCUT2D eigenvalue weighted by Crippen LogP contribution is -2.46. The van der Waals surface area contributed by atoms with Crippen LogP contribution >= 0.6 is 23.2 Å². The maximum Gasteiger partial charge on any atom is 0.322 e. The first-order valence-corrected chi connectivity index (χ1v) is 14.5. The Bertz CT molecular complexity index is 1520. The Hall–Kier alpha value is -3.88. The summed E-state index contributed by atoms with van der Waals surface area (Å²) >= 11 is 12.6. The molecule has 4 aromatic rings. The van der Waals surface area contributed by atoms with Crippen LogP contribution in [0.15, 0.2) is 66.9 Å². The zero-order chi connectivity index (χ0) is 30.2. The van der Waals surface area contributed by atoms with Crippen LogP contribution in [0.2, 0.25) is 10.0 Å². The van der Waals surface area contributed by atoms with Crippen molar-refractivity contribution in [3.05, 3.63) is 88.0 Å². The SMILES string of the molecule is COc1ccc(CN(CCc2c[nH]c3ccccc23)C(=O)CN(CC(C)C)C(=O)Nc2c(Cl)cccc2Cl)cc1OC. The fourth-order valence-corrected chi connectivity index (χ4v) is 5.30. The van der Waals surface area contributed by atoms with Crippen molar-refractivity contribution in [3.63, 3.8) is 0 Å². The van der Waals surface area contributed by atoms with Crippen LogP contribution < -0.4 is 14.8 Å². The second-order valence-electron chi connectivity index (χ2n) is 10.4. The molecule has 222 valence electrons. The zero-order valence-electron chi connectivity index (χ0n) is 24.2. The van der Waals surface area contributed by atoms with Crippen molar-refractivity contribution in [2.45, 2.75) is 26.8 Å². The fraction of sp³-hybridized carbons (Fsp3) is 0.312. The van der Waals surface area contributed by atoms with Crippen molar-refractivity contribution >= 4 is 51.7 Å². The van der Waals surface area contributed by atoms with Crippen LogP contribution in [0.5, 0.6) is 11.5 Å². The molecule has 3 aromatic carbocycles. The molecule has 10 heteroatoms. The van der Waals surface area contributed by atoms with Gasteiger partial charge in [0.05, 0.1) is 30.0 Å². The third-order valence-electron chi connectivity index (χ3n) is 6.89. The van der Waals surface area contributed by atoms with Crippen LogP contribution in [0.1, 0.15) is 25.0 Å². The quantitative estimate of drug-likeness (QED) is 0.177. The normalized spacial score (nSPS) is 11.0. The lowest BCUT2D eigenvalue weighted by Gasteiger charge is -2.29. The number of carbonyl (C=O) groups is 2. The van der Waals surface area contributed by atoms with Crippen LogP contribution in [0.25, 0.3) is 10.9 Å². The van der Waals surface area contributed by atoms with E-state index in [0.717, 1.165) is 22.0 Å². The Morgan fingerprint density at radius 2 is 1.64 bits per heavy atom. The number of carbonyl (C=O) groups excluding carboxylic acids is 2. The second-order valence-corrected chi connectivity index (χ2v) is 11.2. The number of ether oxygens (including phenoxy) is 2. The molecule has 42 heavy (non-hydrogen) atoms. The number of rotatable bonds is 12. The van der Waals surface area contributed by atoms with E-state index in [1.807, 2.05) is 56.4 Å². The van der Waals surface area contributed by atoms with Gasteiger partial charge in [0.2, 0.25) is 5.91 Å². The molecule has 3 amide bonds. The topological polar surface area (TPSA) is 86.9 Å². The van der Waals surface area contributed by atoms with E-state index in [1.54, 1.807) is 37.3 Å². The number of halogens is 2. The van der Waals surface area contributed by atoms with E-state index in [2.05, 4.69) is 16.4 Å². The minimum atomic E-state index is -0.449. The van der Waals surface area contributed by atoms with Gasteiger partial charge in [-0.3, -0.25) is 4.79 Å². The van der Waals surface area contributed by atoms with Gasteiger partial charge in [-0.2, -0.15) is 0 Å². The van der Waals surface area contributed by atoms with E-state index in [9.17, 15) is 9.59 Å². The van der Waals surface area contributed by atoms with Gasteiger partial charge in [0, 0.05) is 36.7 Å². The van der Waals surface area contributed by atoms with Crippen molar-refractivity contribution < 1.29 is 19.1 Å². The number of urea groups is 1. The number of aromatic amines is 1. The molecule has 1 heterocycles. The van der Waals surface area contributed by atoms with Gasteiger partial charge in [0.1, 0.15) is 6.54 Å². The number of nitrogens with zero attached hydrogens (tertiary/aromatic N) is 2. The Balaban J connectivity index is 1.58. The van der Waals surface area contributed by atoms with Gasteiger partial charge in [-0.05, 0) is 53.8 Å². The molecule has 2 N–H and O–H groups in total. The van der Waals surface area contributed by atoms with Crippen molar-refractivity contribution in [2.24, 2.45) is 5.92 Å². The highest BCUT2D eigenvalue weighted by atomic mass is 35.5. The summed E-state index contributed by atoms with van der Waals surface area (Å²) in [7, 11) is 3.16. The lowest BCUT2D eigenvalue weighted by molar-refractivity contribution is -0.132. The molecular formula is C32H36Cl2N4O4. The number of nitrogens with one attached hydrogen (secondary N) is 2. The monoisotopic (exact) mass is 610 g/mol. The number of anilines is 1. The minimum Gasteiger partial charge on any atom is -0.493 e. The summed E-state index contributed by atoms with van der Waals surface area (Å²) in [5.74, 6) is 1.12. The molecule has 0 aliphatic carbocycles. The second kappa shape index (κ2) is 14.3. The van der Waals surface area contributed by atoms with Gasteiger partial charge in [-0.15, -0.1) is 0 Å². The van der Waals surface area contributed by atoms with Crippen molar-refractivity contribution in [3.8, 4) is 11.5 Å². The number of hydrogen-bond donors (Lipinski definition) is 2. The van der Waals surface area contributed by atoms with Crippen molar-refractivity contribution in [2.75, 3.05) is 39.2 Å². The number of benzene rings is 3. The standard InChI is InChI=1S/C32H36Cl2N4O4/c1-21(2)18-38(32(40)36-31-25(33)9-7-10-26(31)34)20-30(39)37(19-22-12-13-28(41-3)29(16-22)42-4)15-14-23-17-35-27-11-6-5-8-24(23)27/h5-13,16-17,21,35H,14-15,18-20H2,1-4H3,(H,36,40). The molecule has 0 aliphatic rings. The van der Waals surface area contributed by atoms with Gasteiger partial charge in [0.15, 0.2) is 11.5 Å². The number of fused-ring (bicyclic) bond motifs is 1. The first-order valence-electron chi connectivity index (χ1n) is 13.7. The largest absolute Gasteiger partial charge is 0.493 e. The molecule has 0 bridgehead atoms. The predicted molar refractivity (Wildman–Crippen MR) is 169 cm³/mol. The van der Waals surface area contributed by atoms with E-state index in [1.165, 1.54) is 4.90 Å². The molecule has 0 saturated carbocycles. The van der Waals surface area contributed by atoms with Crippen LogP contribution in [0.4, 0.5) is 10.5 Å². The maximum atomic E-state index is 13.9. The van der Waals surface area contributed by atoms with E-state index in [-0.39, 0.29) is 18.4 Å².